The monoisotopic (exact) mass is 350 g/mol. The van der Waals surface area contributed by atoms with Crippen LogP contribution in [0.3, 0.4) is 0 Å². The molecular formula is C7H11CuF6NS2-4. The summed E-state index contributed by atoms with van der Waals surface area (Å²) >= 11 is 9.68. The molecule has 0 bridgehead atoms. The van der Waals surface area contributed by atoms with Gasteiger partial charge in [-0.15, -0.1) is 0 Å². The molecule has 10 heteroatoms. The van der Waals surface area contributed by atoms with Gasteiger partial charge in [-0.1, -0.05) is 13.8 Å². The summed E-state index contributed by atoms with van der Waals surface area (Å²) in [6.07, 6.45) is 0. The van der Waals surface area contributed by atoms with Crippen LogP contribution in [-0.4, -0.2) is 22.7 Å². The van der Waals surface area contributed by atoms with Gasteiger partial charge >= 0.3 is 0 Å². The van der Waals surface area contributed by atoms with E-state index < -0.39 is 13.4 Å². The average Bonchev–Trinajstić information content (AvgIpc) is 2.03. The topological polar surface area (TPSA) is 3.24 Å². The molecule has 0 aromatic heterocycles. The zero-order valence-electron chi connectivity index (χ0n) is 8.82. The maximum absolute atomic E-state index is 9.58. The van der Waals surface area contributed by atoms with E-state index in [2.05, 4.69) is 13.8 Å². The van der Waals surface area contributed by atoms with Gasteiger partial charge in [0.15, 0.2) is 13.4 Å². The first-order chi connectivity index (χ1) is 7.18. The third-order valence-electron chi connectivity index (χ3n) is 1.11. The maximum atomic E-state index is 9.58. The fourth-order valence-electron chi connectivity index (χ4n) is 0.522. The van der Waals surface area contributed by atoms with E-state index in [0.717, 1.165) is 13.1 Å². The summed E-state index contributed by atoms with van der Waals surface area (Å²) in [6, 6.07) is 0. The van der Waals surface area contributed by atoms with Gasteiger partial charge < -0.3 is 56.5 Å². The van der Waals surface area contributed by atoms with Gasteiger partial charge in [-0.3, -0.25) is 0 Å². The SMILES string of the molecule is CCN(CC)C([S-])[S-].F[C-](F)F.F[C-](F)F.[Cu]. The molecule has 1 radical (unpaired) electrons. The minimum Gasteiger partial charge on any atom is -0.800 e. The zero-order valence-corrected chi connectivity index (χ0v) is 11.4. The Morgan fingerprint density at radius 3 is 1.06 bits per heavy atom. The van der Waals surface area contributed by atoms with E-state index in [1.807, 2.05) is 4.90 Å². The predicted molar refractivity (Wildman–Crippen MR) is 54.6 cm³/mol. The van der Waals surface area contributed by atoms with Crippen molar-refractivity contribution in [3.63, 3.8) is 0 Å². The molecule has 0 saturated heterocycles. The van der Waals surface area contributed by atoms with Crippen molar-refractivity contribution in [1.29, 1.82) is 0 Å². The summed E-state index contributed by atoms with van der Waals surface area (Å²) in [5.74, 6) is 0. The Morgan fingerprint density at radius 1 is 0.882 bits per heavy atom. The first-order valence-corrected chi connectivity index (χ1v) is 4.85. The van der Waals surface area contributed by atoms with Gasteiger partial charge in [-0.05, 0) is 13.1 Å². The van der Waals surface area contributed by atoms with E-state index in [1.54, 1.807) is 0 Å². The first kappa shape index (κ1) is 26.3. The van der Waals surface area contributed by atoms with Crippen molar-refractivity contribution < 1.29 is 43.4 Å². The Bertz CT molecular complexity index is 117. The molecule has 0 aromatic carbocycles. The van der Waals surface area contributed by atoms with Crippen molar-refractivity contribution in [1.82, 2.24) is 4.90 Å². The quantitative estimate of drug-likeness (QED) is 0.332. The minimum absolute atomic E-state index is 0. The van der Waals surface area contributed by atoms with E-state index in [-0.39, 0.29) is 21.8 Å². The van der Waals surface area contributed by atoms with Crippen LogP contribution < -0.4 is 0 Å². The maximum Gasteiger partial charge on any atom is 0.154 e. The van der Waals surface area contributed by atoms with Crippen LogP contribution in [0.1, 0.15) is 13.8 Å². The van der Waals surface area contributed by atoms with Gasteiger partial charge in [0.05, 0.1) is 0 Å². The van der Waals surface area contributed by atoms with Crippen molar-refractivity contribution >= 4 is 25.3 Å². The summed E-state index contributed by atoms with van der Waals surface area (Å²) in [5, 5.41) is 0. The molecule has 0 fully saturated rings. The van der Waals surface area contributed by atoms with Gasteiger partial charge in [-0.2, -0.15) is 0 Å². The summed E-state index contributed by atoms with van der Waals surface area (Å²) < 4.78 is 57.4. The Labute approximate surface area is 119 Å². The molecule has 0 aromatic rings. The van der Waals surface area contributed by atoms with Crippen LogP contribution in [0.2, 0.25) is 0 Å². The molecular weight excluding hydrogens is 340 g/mol. The van der Waals surface area contributed by atoms with Crippen LogP contribution in [0, 0.1) is 13.4 Å². The second kappa shape index (κ2) is 19.1. The standard InChI is InChI=1S/C5H13NS2.2CF3.Cu/c1-3-6(4-2)5(7)8;2*2-1(3)4;/h5,7-8H,3-4H2,1-2H3;;;/q;2*-1;/p-2. The first-order valence-electron chi connectivity index (χ1n) is 3.91. The molecule has 0 amide bonds. The third kappa shape index (κ3) is 47.6. The van der Waals surface area contributed by atoms with Crippen molar-refractivity contribution in [2.45, 2.75) is 18.6 Å². The van der Waals surface area contributed by atoms with Gasteiger partial charge in [-0.25, -0.2) is 4.71 Å². The summed E-state index contributed by atoms with van der Waals surface area (Å²) in [6.45, 7) is -0.105. The fraction of sp³-hybridized carbons (Fsp3) is 0.714. The van der Waals surface area contributed by atoms with E-state index in [1.165, 1.54) is 0 Å². The van der Waals surface area contributed by atoms with E-state index in [0.29, 0.717) is 0 Å². The number of rotatable bonds is 3. The largest absolute Gasteiger partial charge is 0.800 e. The van der Waals surface area contributed by atoms with Crippen LogP contribution in [0.5, 0.6) is 0 Å². The Balaban J connectivity index is -0.0000000806. The van der Waals surface area contributed by atoms with Crippen LogP contribution >= 0.6 is 0 Å². The number of hydrogen-bond donors (Lipinski definition) is 0. The Hall–Kier alpha value is 0.759. The molecule has 0 atom stereocenters. The third-order valence-corrected chi connectivity index (χ3v) is 1.71. The summed E-state index contributed by atoms with van der Waals surface area (Å²) in [5.41, 5.74) is 0. The Morgan fingerprint density at radius 2 is 1.06 bits per heavy atom. The molecule has 0 aliphatic heterocycles. The summed E-state index contributed by atoms with van der Waals surface area (Å²) in [4.78, 5) is 2.05. The molecule has 113 valence electrons. The zero-order chi connectivity index (χ0) is 13.7. The number of nitrogens with zero attached hydrogens (tertiary/aromatic N) is 1. The van der Waals surface area contributed by atoms with E-state index in [4.69, 9.17) is 25.3 Å². The molecule has 0 aliphatic carbocycles. The van der Waals surface area contributed by atoms with Crippen LogP contribution in [0.25, 0.3) is 0 Å². The number of hydrogen-bond acceptors (Lipinski definition) is 3. The normalized spacial score (nSPS) is 9.53. The molecule has 0 unspecified atom stereocenters. The molecule has 17 heavy (non-hydrogen) atoms. The van der Waals surface area contributed by atoms with Gasteiger partial charge in [0, 0.05) is 17.1 Å². The predicted octanol–water partition coefficient (Wildman–Crippen LogP) is 3.39. The second-order valence-electron chi connectivity index (χ2n) is 1.96. The molecule has 0 spiro atoms. The second-order valence-corrected chi connectivity index (χ2v) is 3.15. The fourth-order valence-corrected chi connectivity index (χ4v) is 1.12. The Kier molecular flexibility index (Phi) is 29.6. The van der Waals surface area contributed by atoms with Crippen LogP contribution in [0.4, 0.5) is 26.3 Å². The van der Waals surface area contributed by atoms with Crippen molar-refractivity contribution in [3.8, 4) is 0 Å². The van der Waals surface area contributed by atoms with Crippen molar-refractivity contribution in [3.05, 3.63) is 13.4 Å². The van der Waals surface area contributed by atoms with E-state index >= 15 is 0 Å². The molecule has 0 saturated carbocycles. The minimum atomic E-state index is -3.08. The smallest absolute Gasteiger partial charge is 0.154 e. The summed E-state index contributed by atoms with van der Waals surface area (Å²) in [7, 11) is 0. The van der Waals surface area contributed by atoms with E-state index in [9.17, 15) is 26.3 Å². The molecule has 0 aliphatic rings. The van der Waals surface area contributed by atoms with Crippen LogP contribution in [-0.2, 0) is 42.3 Å². The van der Waals surface area contributed by atoms with Gasteiger partial charge in [0.25, 0.3) is 0 Å². The molecule has 0 N–H and O–H groups in total. The van der Waals surface area contributed by atoms with Crippen molar-refractivity contribution in [2.75, 3.05) is 13.1 Å². The molecule has 1 nitrogen and oxygen atoms in total. The molecule has 0 rings (SSSR count). The van der Waals surface area contributed by atoms with Gasteiger partial charge in [0.2, 0.25) is 0 Å². The van der Waals surface area contributed by atoms with Crippen molar-refractivity contribution in [2.24, 2.45) is 0 Å². The van der Waals surface area contributed by atoms with Gasteiger partial charge in [0.1, 0.15) is 0 Å². The average molecular weight is 351 g/mol. The molecule has 0 heterocycles. The van der Waals surface area contributed by atoms with Crippen LogP contribution in [0.15, 0.2) is 0 Å². The number of halogens is 6.